The average Bonchev–Trinajstić information content (AvgIpc) is 2.38. The minimum atomic E-state index is -4.39. The minimum absolute atomic E-state index is 0. The van der Waals surface area contributed by atoms with Crippen molar-refractivity contribution < 1.29 is 28.7 Å². The van der Waals surface area contributed by atoms with Gasteiger partial charge < -0.3 is 28.7 Å². The zero-order valence-electron chi connectivity index (χ0n) is 12.0. The van der Waals surface area contributed by atoms with E-state index in [4.69, 9.17) is 0 Å². The van der Waals surface area contributed by atoms with Crippen LogP contribution in [0.25, 0.3) is 0 Å². The predicted molar refractivity (Wildman–Crippen MR) is 81.3 cm³/mol. The third-order valence-corrected chi connectivity index (χ3v) is 3.94. The van der Waals surface area contributed by atoms with Gasteiger partial charge in [-0.1, -0.05) is 75.9 Å². The van der Waals surface area contributed by atoms with Crippen molar-refractivity contribution in [3.8, 4) is 0 Å². The number of benzene rings is 2. The molecule has 124 valence electrons. The molecule has 9 heteroatoms. The van der Waals surface area contributed by atoms with Crippen molar-refractivity contribution in [2.45, 2.75) is 12.3 Å². The Kier molecular flexibility index (Phi) is 10.4. The summed E-state index contributed by atoms with van der Waals surface area (Å²) in [6, 6.07) is 16.8. The molecule has 2 rings (SSSR count). The van der Waals surface area contributed by atoms with Crippen LogP contribution in [0, 0.1) is 0 Å². The Labute approximate surface area is 155 Å². The van der Waals surface area contributed by atoms with E-state index in [9.17, 15) is 28.7 Å². The molecule has 0 saturated carbocycles. The van der Waals surface area contributed by atoms with Crippen molar-refractivity contribution in [1.29, 1.82) is 0 Å². The molecule has 0 fully saturated rings. The number of hydrogen-bond acceptors (Lipinski definition) is 6. The average molecular weight is 547 g/mol. The zero-order valence-corrected chi connectivity index (χ0v) is 17.7. The Bertz CT molecular complexity index is 594. The molecule has 0 amide bonds. The van der Waals surface area contributed by atoms with Gasteiger partial charge in [0.2, 0.25) is 0 Å². The first-order valence-electron chi connectivity index (χ1n) is 6.26. The fourth-order valence-corrected chi connectivity index (χ4v) is 2.93. The Morgan fingerprint density at radius 1 is 0.609 bits per heavy atom. The third kappa shape index (κ3) is 12.7. The second-order valence-corrected chi connectivity index (χ2v) is 7.59. The van der Waals surface area contributed by atoms with E-state index in [2.05, 4.69) is 0 Å². The molecule has 0 spiro atoms. The fourth-order valence-electron chi connectivity index (χ4n) is 1.61. The molecule has 4 radical (unpaired) electrons. The van der Waals surface area contributed by atoms with Crippen LogP contribution in [0.5, 0.6) is 0 Å². The van der Waals surface area contributed by atoms with Crippen LogP contribution in [-0.4, -0.2) is 27.3 Å². The van der Waals surface area contributed by atoms with Crippen LogP contribution < -0.4 is 19.6 Å². The first-order valence-corrected chi connectivity index (χ1v) is 9.71. The maximum absolute atomic E-state index is 10.3. The third-order valence-electron chi connectivity index (χ3n) is 2.44. The molecule has 0 N–H and O–H groups in total. The van der Waals surface area contributed by atoms with E-state index in [1.807, 2.05) is 0 Å². The topological polar surface area (TPSA) is 126 Å². The van der Waals surface area contributed by atoms with E-state index in [-0.39, 0.29) is 27.3 Å². The summed E-state index contributed by atoms with van der Waals surface area (Å²) < 4.78 is 20.5. The van der Waals surface area contributed by atoms with Gasteiger partial charge in [0, 0.05) is 39.6 Å². The van der Waals surface area contributed by atoms with Gasteiger partial charge in [0.1, 0.15) is 0 Å². The smallest absolute Gasteiger partial charge is 0.000221 e. The van der Waals surface area contributed by atoms with Crippen molar-refractivity contribution in [3.05, 3.63) is 71.8 Å². The van der Waals surface area contributed by atoms with Gasteiger partial charge in [0.15, 0.2) is 0 Å². The molecule has 23 heavy (non-hydrogen) atoms. The van der Waals surface area contributed by atoms with Crippen LogP contribution in [0.1, 0.15) is 11.1 Å². The second-order valence-electron chi connectivity index (χ2n) is 4.51. The first kappa shape index (κ1) is 22.7. The van der Waals surface area contributed by atoms with Gasteiger partial charge >= 0.3 is 0 Å². The molecule has 0 bridgehead atoms. The van der Waals surface area contributed by atoms with E-state index in [1.54, 1.807) is 60.7 Å². The summed E-state index contributed by atoms with van der Waals surface area (Å²) >= 11 is 0. The summed E-state index contributed by atoms with van der Waals surface area (Å²) in [4.78, 5) is 41.1. The summed E-state index contributed by atoms with van der Waals surface area (Å²) in [5.41, 5.74) is 1.08. The monoisotopic (exact) mass is 548 g/mol. The van der Waals surface area contributed by atoms with Gasteiger partial charge in [-0.3, -0.25) is 0 Å². The molecule has 0 aliphatic heterocycles. The van der Waals surface area contributed by atoms with Gasteiger partial charge in [-0.2, -0.15) is 0 Å². The van der Waals surface area contributed by atoms with Crippen LogP contribution in [0.4, 0.5) is 0 Å². The summed E-state index contributed by atoms with van der Waals surface area (Å²) in [5, 5.41) is 0. The molecule has 2 aromatic rings. The van der Waals surface area contributed by atoms with Gasteiger partial charge in [0.25, 0.3) is 0 Å². The molecule has 0 aliphatic carbocycles. The van der Waals surface area contributed by atoms with Gasteiger partial charge in [-0.15, -0.1) is 0 Å². The van der Waals surface area contributed by atoms with Crippen LogP contribution in [0.3, 0.4) is 0 Å². The van der Waals surface area contributed by atoms with Crippen molar-refractivity contribution in [1.82, 2.24) is 0 Å². The van der Waals surface area contributed by atoms with Gasteiger partial charge in [0.05, 0.1) is 0 Å². The molecular weight excluding hydrogens is 533 g/mol. The standard InChI is InChI=1S/2C7H9O3P.Pb/c2*8-11(9,10)6-7-4-2-1-3-5-7;/h2*1-5H,6H2,(H2,8,9,10);/p-4. The normalized spacial score (nSPS) is 11.0. The molecule has 0 heterocycles. The summed E-state index contributed by atoms with van der Waals surface area (Å²) in [5.74, 6) is 0. The maximum Gasteiger partial charge on any atom is 0.000221 e. The van der Waals surface area contributed by atoms with Crippen LogP contribution in [0.15, 0.2) is 60.7 Å². The van der Waals surface area contributed by atoms with Gasteiger partial charge in [-0.25, -0.2) is 0 Å². The first-order chi connectivity index (χ1) is 10.2. The molecule has 6 nitrogen and oxygen atoms in total. The van der Waals surface area contributed by atoms with Gasteiger partial charge in [-0.05, 0) is 11.1 Å². The van der Waals surface area contributed by atoms with Crippen LogP contribution in [0.2, 0.25) is 0 Å². The Morgan fingerprint density at radius 2 is 0.870 bits per heavy atom. The van der Waals surface area contributed by atoms with E-state index < -0.39 is 27.5 Å². The Hall–Kier alpha value is -0.338. The molecule has 0 aliphatic rings. The molecule has 0 unspecified atom stereocenters. The minimum Gasteiger partial charge on any atom is -0.810 e. The number of rotatable bonds is 4. The molecule has 0 saturated heterocycles. The van der Waals surface area contributed by atoms with Crippen molar-refractivity contribution in [3.63, 3.8) is 0 Å². The van der Waals surface area contributed by atoms with Crippen molar-refractivity contribution >= 4 is 42.5 Å². The molecule has 0 atom stereocenters. The fraction of sp³-hybridized carbons (Fsp3) is 0.143. The maximum atomic E-state index is 10.3. The van der Waals surface area contributed by atoms with Crippen LogP contribution in [-0.2, 0) is 21.5 Å². The molecule has 0 aromatic heterocycles. The molecule has 2 aromatic carbocycles. The van der Waals surface area contributed by atoms with E-state index in [0.29, 0.717) is 11.1 Å². The number of hydrogen-bond donors (Lipinski definition) is 0. The SMILES string of the molecule is O=P([O-])([O-])Cc1ccccc1.O=P([O-])([O-])Cc1ccccc1.[Pb]. The second kappa shape index (κ2) is 10.5. The summed E-state index contributed by atoms with van der Waals surface area (Å²) in [6.45, 7) is 0. The van der Waals surface area contributed by atoms with Crippen LogP contribution >= 0.6 is 15.2 Å². The largest absolute Gasteiger partial charge is 0.810 e. The van der Waals surface area contributed by atoms with E-state index >= 15 is 0 Å². The Morgan fingerprint density at radius 3 is 1.09 bits per heavy atom. The van der Waals surface area contributed by atoms with E-state index in [1.165, 1.54) is 0 Å². The summed E-state index contributed by atoms with van der Waals surface area (Å²) in [7, 11) is -8.78. The van der Waals surface area contributed by atoms with Crippen molar-refractivity contribution in [2.24, 2.45) is 0 Å². The summed E-state index contributed by atoms with van der Waals surface area (Å²) in [6.07, 6.45) is -0.790. The Balaban J connectivity index is 0.000000403. The zero-order chi connectivity index (χ0) is 16.6. The quantitative estimate of drug-likeness (QED) is 0.386. The molecular formula is C14H14O6P2Pb-4. The predicted octanol–water partition coefficient (Wildman–Crippen LogP) is -0.180. The van der Waals surface area contributed by atoms with Crippen molar-refractivity contribution in [2.75, 3.05) is 0 Å². The van der Waals surface area contributed by atoms with E-state index in [0.717, 1.165) is 0 Å².